The maximum absolute atomic E-state index is 6.22. The molecule has 2 bridgehead atoms. The van der Waals surface area contributed by atoms with Crippen LogP contribution in [0.4, 0.5) is 0 Å². The van der Waals surface area contributed by atoms with E-state index in [-0.39, 0.29) is 24.8 Å². The van der Waals surface area contributed by atoms with E-state index in [0.29, 0.717) is 11.3 Å². The second-order valence-electron chi connectivity index (χ2n) is 7.37. The Hall–Kier alpha value is -0.0551. The third-order valence-corrected chi connectivity index (χ3v) is 5.80. The summed E-state index contributed by atoms with van der Waals surface area (Å²) in [6, 6.07) is 0. The van der Waals surface area contributed by atoms with Crippen molar-refractivity contribution in [3.8, 4) is 0 Å². The molecule has 0 aromatic carbocycles. The van der Waals surface area contributed by atoms with Gasteiger partial charge in [0, 0.05) is 5.94 Å². The molecule has 1 heterocycles. The highest BCUT2D eigenvalue weighted by Crippen LogP contribution is 2.64. The summed E-state index contributed by atoms with van der Waals surface area (Å²) in [6.45, 7) is 9.15. The van der Waals surface area contributed by atoms with Crippen LogP contribution in [0.1, 0.15) is 53.4 Å². The molecule has 3 nitrogen and oxygen atoms in total. The van der Waals surface area contributed by atoms with Gasteiger partial charge in [-0.3, -0.25) is 0 Å². The van der Waals surface area contributed by atoms with Crippen LogP contribution in [0.25, 0.3) is 0 Å². The van der Waals surface area contributed by atoms with E-state index in [1.165, 1.54) is 6.42 Å². The molecular formula is C14H26BNO2. The largest absolute Gasteiger partial charge is 0.475 e. The summed E-state index contributed by atoms with van der Waals surface area (Å²) in [5.74, 6) is 1.48. The smallest absolute Gasteiger partial charge is 0.404 e. The molecule has 3 saturated carbocycles. The van der Waals surface area contributed by atoms with Crippen LogP contribution in [0, 0.1) is 17.3 Å². The minimum absolute atomic E-state index is 0.0257. The van der Waals surface area contributed by atoms with Gasteiger partial charge < -0.3 is 15.0 Å². The predicted molar refractivity (Wildman–Crippen MR) is 73.0 cm³/mol. The van der Waals surface area contributed by atoms with Gasteiger partial charge in [-0.2, -0.15) is 0 Å². The molecule has 1 aliphatic heterocycles. The monoisotopic (exact) mass is 251 g/mol. The molecule has 4 rings (SSSR count). The summed E-state index contributed by atoms with van der Waals surface area (Å²) < 4.78 is 12.4. The second kappa shape index (κ2) is 3.97. The predicted octanol–water partition coefficient (Wildman–Crippen LogP) is 2.38. The lowest BCUT2D eigenvalue weighted by Gasteiger charge is -2.63. The van der Waals surface area contributed by atoms with E-state index in [1.54, 1.807) is 0 Å². The molecule has 1 saturated heterocycles. The third-order valence-electron chi connectivity index (χ3n) is 5.80. The Balaban J connectivity index is 1.75. The standard InChI is InChI=1S/C14H26BNO2/c1-5-6-11(16)15-17-12-10-7-9(13(10,2)3)8-14(12,4)18-15/h9-12H,5-8,16H2,1-4H3/t9-,10+,11-,12+,14-/m0/s1. The Bertz CT molecular complexity index is 349. The van der Waals surface area contributed by atoms with Crippen molar-refractivity contribution < 1.29 is 9.31 Å². The van der Waals surface area contributed by atoms with E-state index < -0.39 is 0 Å². The highest BCUT2D eigenvalue weighted by molar-refractivity contribution is 6.47. The zero-order valence-corrected chi connectivity index (χ0v) is 12.1. The van der Waals surface area contributed by atoms with Crippen molar-refractivity contribution in [3.63, 3.8) is 0 Å². The Morgan fingerprint density at radius 2 is 2.11 bits per heavy atom. The third kappa shape index (κ3) is 1.62. The maximum Gasteiger partial charge on any atom is 0.475 e. The first kappa shape index (κ1) is 13.0. The second-order valence-corrected chi connectivity index (χ2v) is 7.37. The van der Waals surface area contributed by atoms with Gasteiger partial charge >= 0.3 is 7.12 Å². The van der Waals surface area contributed by atoms with Crippen molar-refractivity contribution >= 4 is 7.12 Å². The zero-order chi connectivity index (χ0) is 13.1. The van der Waals surface area contributed by atoms with E-state index >= 15 is 0 Å². The molecule has 0 aromatic rings. The fraction of sp³-hybridized carbons (Fsp3) is 1.00. The highest BCUT2D eigenvalue weighted by atomic mass is 16.7. The molecular weight excluding hydrogens is 225 g/mol. The van der Waals surface area contributed by atoms with Crippen LogP contribution in [0.5, 0.6) is 0 Å². The minimum Gasteiger partial charge on any atom is -0.404 e. The Labute approximate surface area is 111 Å². The lowest BCUT2D eigenvalue weighted by atomic mass is 9.45. The summed E-state index contributed by atoms with van der Waals surface area (Å²) in [6.07, 6.45) is 4.77. The molecule has 102 valence electrons. The van der Waals surface area contributed by atoms with Gasteiger partial charge in [0.15, 0.2) is 0 Å². The average molecular weight is 251 g/mol. The van der Waals surface area contributed by atoms with Crippen LogP contribution < -0.4 is 5.73 Å². The topological polar surface area (TPSA) is 44.5 Å². The van der Waals surface area contributed by atoms with Crippen molar-refractivity contribution in [3.05, 3.63) is 0 Å². The van der Waals surface area contributed by atoms with Crippen LogP contribution >= 0.6 is 0 Å². The van der Waals surface area contributed by atoms with Gasteiger partial charge in [-0.1, -0.05) is 27.2 Å². The van der Waals surface area contributed by atoms with Gasteiger partial charge in [0.1, 0.15) is 0 Å². The first-order valence-electron chi connectivity index (χ1n) is 7.47. The molecule has 0 spiro atoms. The van der Waals surface area contributed by atoms with Crippen LogP contribution in [-0.2, 0) is 9.31 Å². The Morgan fingerprint density at radius 1 is 1.39 bits per heavy atom. The van der Waals surface area contributed by atoms with Gasteiger partial charge in [-0.15, -0.1) is 0 Å². The Kier molecular flexibility index (Phi) is 2.86. The van der Waals surface area contributed by atoms with Gasteiger partial charge in [0.2, 0.25) is 0 Å². The first-order chi connectivity index (χ1) is 8.38. The van der Waals surface area contributed by atoms with Crippen LogP contribution in [-0.4, -0.2) is 24.8 Å². The van der Waals surface area contributed by atoms with Crippen molar-refractivity contribution in [2.75, 3.05) is 0 Å². The van der Waals surface area contributed by atoms with Crippen molar-refractivity contribution in [1.82, 2.24) is 0 Å². The van der Waals surface area contributed by atoms with Crippen LogP contribution in [0.2, 0.25) is 0 Å². The summed E-state index contributed by atoms with van der Waals surface area (Å²) in [4.78, 5) is 0. The van der Waals surface area contributed by atoms with E-state index in [2.05, 4.69) is 27.7 Å². The molecule has 4 heteroatoms. The molecule has 0 radical (unpaired) electrons. The quantitative estimate of drug-likeness (QED) is 0.783. The van der Waals surface area contributed by atoms with Crippen molar-refractivity contribution in [1.29, 1.82) is 0 Å². The van der Waals surface area contributed by atoms with E-state index in [0.717, 1.165) is 25.2 Å². The van der Waals surface area contributed by atoms with E-state index in [4.69, 9.17) is 15.0 Å². The molecule has 0 aromatic heterocycles. The zero-order valence-electron chi connectivity index (χ0n) is 12.1. The normalized spacial score (nSPS) is 46.5. The summed E-state index contributed by atoms with van der Waals surface area (Å²) in [7, 11) is -0.185. The fourth-order valence-electron chi connectivity index (χ4n) is 4.40. The SMILES string of the molecule is CCC[C@H](N)B1O[C@@H]2[C@H]3C[C@@H](C[C@]2(C)O1)C3(C)C. The fourth-order valence-corrected chi connectivity index (χ4v) is 4.40. The average Bonchev–Trinajstić information content (AvgIpc) is 2.66. The number of nitrogens with two attached hydrogens (primary N) is 1. The van der Waals surface area contributed by atoms with Gasteiger partial charge in [-0.25, -0.2) is 0 Å². The van der Waals surface area contributed by atoms with Crippen LogP contribution in [0.15, 0.2) is 0 Å². The molecule has 0 unspecified atom stereocenters. The minimum atomic E-state index is -0.185. The summed E-state index contributed by atoms with van der Waals surface area (Å²) >= 11 is 0. The maximum atomic E-state index is 6.22. The van der Waals surface area contributed by atoms with Crippen molar-refractivity contribution in [2.45, 2.75) is 71.0 Å². The van der Waals surface area contributed by atoms with Crippen molar-refractivity contribution in [2.24, 2.45) is 23.0 Å². The molecule has 18 heavy (non-hydrogen) atoms. The highest BCUT2D eigenvalue weighted by Gasteiger charge is 2.67. The molecule has 5 atom stereocenters. The van der Waals surface area contributed by atoms with E-state index in [9.17, 15) is 0 Å². The first-order valence-corrected chi connectivity index (χ1v) is 7.47. The summed E-state index contributed by atoms with van der Waals surface area (Å²) in [5, 5.41) is 0. The molecule has 2 N–H and O–H groups in total. The lowest BCUT2D eigenvalue weighted by molar-refractivity contribution is -0.185. The molecule has 4 aliphatic rings. The summed E-state index contributed by atoms with van der Waals surface area (Å²) in [5.41, 5.74) is 6.52. The number of hydrogen-bond donors (Lipinski definition) is 1. The number of rotatable bonds is 3. The van der Waals surface area contributed by atoms with Crippen LogP contribution in [0.3, 0.4) is 0 Å². The molecule has 4 fully saturated rings. The van der Waals surface area contributed by atoms with Gasteiger partial charge in [0.25, 0.3) is 0 Å². The number of hydrogen-bond acceptors (Lipinski definition) is 3. The van der Waals surface area contributed by atoms with E-state index in [1.807, 2.05) is 0 Å². The lowest BCUT2D eigenvalue weighted by Crippen LogP contribution is -2.63. The molecule has 0 amide bonds. The van der Waals surface area contributed by atoms with Gasteiger partial charge in [-0.05, 0) is 43.4 Å². The molecule has 3 aliphatic carbocycles. The van der Waals surface area contributed by atoms with Gasteiger partial charge in [0.05, 0.1) is 11.7 Å². The Morgan fingerprint density at radius 3 is 2.72 bits per heavy atom.